The smallest absolute Gasteiger partial charge is 0.244 e. The van der Waals surface area contributed by atoms with E-state index < -0.39 is 0 Å². The molecule has 2 amide bonds. The van der Waals surface area contributed by atoms with Crippen molar-refractivity contribution in [3.05, 3.63) is 72.3 Å². The van der Waals surface area contributed by atoms with Crippen LogP contribution in [0, 0.1) is 0 Å². The number of hydrogen-bond donors (Lipinski definition) is 2. The fourth-order valence-corrected chi connectivity index (χ4v) is 2.05. The van der Waals surface area contributed by atoms with E-state index in [2.05, 4.69) is 10.6 Å². The number of nitrogens with one attached hydrogen (secondary N) is 2. The van der Waals surface area contributed by atoms with Gasteiger partial charge in [0.2, 0.25) is 11.8 Å². The van der Waals surface area contributed by atoms with Gasteiger partial charge >= 0.3 is 0 Å². The van der Waals surface area contributed by atoms with Crippen LogP contribution < -0.4 is 15.4 Å². The predicted octanol–water partition coefficient (Wildman–Crippen LogP) is 2.40. The van der Waals surface area contributed by atoms with Gasteiger partial charge in [-0.2, -0.15) is 0 Å². The first-order valence-electron chi connectivity index (χ1n) is 8.19. The lowest BCUT2D eigenvalue weighted by Gasteiger charge is -2.07. The second-order valence-corrected chi connectivity index (χ2v) is 5.30. The van der Waals surface area contributed by atoms with Crippen LogP contribution in [0.3, 0.4) is 0 Å². The largest absolute Gasteiger partial charge is 0.493 e. The van der Waals surface area contributed by atoms with E-state index in [0.29, 0.717) is 19.7 Å². The summed E-state index contributed by atoms with van der Waals surface area (Å²) in [4.78, 5) is 23.3. The standard InChI is InChI=1S/C20H22N2O3/c23-19(12-11-17-7-3-1-4-8-17)21-14-15-22-20(24)13-16-25-18-9-5-2-6-10-18/h1-12H,13-16H2,(H,21,23)(H,22,24)/b12-11+. The summed E-state index contributed by atoms with van der Waals surface area (Å²) in [5, 5.41) is 5.46. The molecule has 0 spiro atoms. The monoisotopic (exact) mass is 338 g/mol. The summed E-state index contributed by atoms with van der Waals surface area (Å²) in [5.74, 6) is 0.447. The summed E-state index contributed by atoms with van der Waals surface area (Å²) >= 11 is 0. The van der Waals surface area contributed by atoms with Crippen LogP contribution >= 0.6 is 0 Å². The molecular formula is C20H22N2O3. The molecule has 0 fully saturated rings. The Morgan fingerprint density at radius 3 is 2.24 bits per heavy atom. The number of rotatable bonds is 9. The van der Waals surface area contributed by atoms with Crippen molar-refractivity contribution >= 4 is 17.9 Å². The molecule has 2 aromatic rings. The van der Waals surface area contributed by atoms with Gasteiger partial charge in [0, 0.05) is 19.2 Å². The first kappa shape index (κ1) is 18.3. The SMILES string of the molecule is O=C(/C=C/c1ccccc1)NCCNC(=O)CCOc1ccccc1. The van der Waals surface area contributed by atoms with Gasteiger partial charge < -0.3 is 15.4 Å². The molecule has 0 heterocycles. The van der Waals surface area contributed by atoms with Crippen LogP contribution in [0.25, 0.3) is 6.08 Å². The summed E-state index contributed by atoms with van der Waals surface area (Å²) in [7, 11) is 0. The van der Waals surface area contributed by atoms with E-state index in [4.69, 9.17) is 4.74 Å². The van der Waals surface area contributed by atoms with Crippen molar-refractivity contribution in [3.8, 4) is 5.75 Å². The normalized spacial score (nSPS) is 10.4. The summed E-state index contributed by atoms with van der Waals surface area (Å²) in [6.07, 6.45) is 3.50. The summed E-state index contributed by atoms with van der Waals surface area (Å²) in [5.41, 5.74) is 0.962. The minimum atomic E-state index is -0.189. The zero-order chi connectivity index (χ0) is 17.7. The Labute approximate surface area is 147 Å². The highest BCUT2D eigenvalue weighted by atomic mass is 16.5. The quantitative estimate of drug-likeness (QED) is 0.545. The molecule has 130 valence electrons. The number of benzene rings is 2. The van der Waals surface area contributed by atoms with E-state index in [1.54, 1.807) is 6.08 Å². The second kappa shape index (κ2) is 10.6. The molecule has 0 aliphatic heterocycles. The Kier molecular flexibility index (Phi) is 7.78. The lowest BCUT2D eigenvalue weighted by atomic mass is 10.2. The minimum Gasteiger partial charge on any atom is -0.493 e. The third-order valence-electron chi connectivity index (χ3n) is 3.31. The molecular weight excluding hydrogens is 316 g/mol. The first-order valence-corrected chi connectivity index (χ1v) is 8.19. The lowest BCUT2D eigenvalue weighted by molar-refractivity contribution is -0.122. The first-order chi connectivity index (χ1) is 12.2. The van der Waals surface area contributed by atoms with Gasteiger partial charge in [-0.25, -0.2) is 0 Å². The van der Waals surface area contributed by atoms with Crippen LogP contribution in [-0.4, -0.2) is 31.5 Å². The van der Waals surface area contributed by atoms with Gasteiger partial charge in [-0.15, -0.1) is 0 Å². The van der Waals surface area contributed by atoms with Gasteiger partial charge in [-0.1, -0.05) is 48.5 Å². The van der Waals surface area contributed by atoms with Crippen molar-refractivity contribution < 1.29 is 14.3 Å². The zero-order valence-corrected chi connectivity index (χ0v) is 14.0. The molecule has 0 saturated carbocycles. The Balaban J connectivity index is 1.54. The van der Waals surface area contributed by atoms with E-state index in [0.717, 1.165) is 11.3 Å². The lowest BCUT2D eigenvalue weighted by Crippen LogP contribution is -2.34. The summed E-state index contributed by atoms with van der Waals surface area (Å²) in [6.45, 7) is 1.08. The summed E-state index contributed by atoms with van der Waals surface area (Å²) < 4.78 is 5.46. The zero-order valence-electron chi connectivity index (χ0n) is 14.0. The molecule has 2 rings (SSSR count). The van der Waals surface area contributed by atoms with Crippen LogP contribution in [-0.2, 0) is 9.59 Å². The number of carbonyl (C=O) groups is 2. The number of carbonyl (C=O) groups excluding carboxylic acids is 2. The third kappa shape index (κ3) is 7.83. The van der Waals surface area contributed by atoms with Crippen molar-refractivity contribution in [2.45, 2.75) is 6.42 Å². The van der Waals surface area contributed by atoms with Crippen molar-refractivity contribution in [1.82, 2.24) is 10.6 Å². The minimum absolute atomic E-state index is 0.106. The Morgan fingerprint density at radius 1 is 0.880 bits per heavy atom. The Morgan fingerprint density at radius 2 is 1.52 bits per heavy atom. The van der Waals surface area contributed by atoms with Gasteiger partial charge in [0.15, 0.2) is 0 Å². The highest BCUT2D eigenvalue weighted by Gasteiger charge is 2.02. The molecule has 5 nitrogen and oxygen atoms in total. The fraction of sp³-hybridized carbons (Fsp3) is 0.200. The average Bonchev–Trinajstić information content (AvgIpc) is 2.65. The highest BCUT2D eigenvalue weighted by molar-refractivity contribution is 5.91. The van der Waals surface area contributed by atoms with E-state index >= 15 is 0 Å². The topological polar surface area (TPSA) is 67.4 Å². The molecule has 0 atom stereocenters. The van der Waals surface area contributed by atoms with Crippen molar-refractivity contribution in [2.75, 3.05) is 19.7 Å². The van der Waals surface area contributed by atoms with Crippen molar-refractivity contribution in [3.63, 3.8) is 0 Å². The van der Waals surface area contributed by atoms with Crippen LogP contribution in [0.4, 0.5) is 0 Å². The van der Waals surface area contributed by atoms with Gasteiger partial charge in [0.05, 0.1) is 13.0 Å². The maximum Gasteiger partial charge on any atom is 0.244 e. The van der Waals surface area contributed by atoms with E-state index in [1.807, 2.05) is 60.7 Å². The maximum atomic E-state index is 11.7. The van der Waals surface area contributed by atoms with E-state index in [-0.39, 0.29) is 18.2 Å². The highest BCUT2D eigenvalue weighted by Crippen LogP contribution is 2.08. The molecule has 0 bridgehead atoms. The van der Waals surface area contributed by atoms with Crippen molar-refractivity contribution in [1.29, 1.82) is 0 Å². The van der Waals surface area contributed by atoms with Gasteiger partial charge in [0.25, 0.3) is 0 Å². The van der Waals surface area contributed by atoms with E-state index in [1.165, 1.54) is 6.08 Å². The van der Waals surface area contributed by atoms with E-state index in [9.17, 15) is 9.59 Å². The van der Waals surface area contributed by atoms with Crippen LogP contribution in [0.1, 0.15) is 12.0 Å². The summed E-state index contributed by atoms with van der Waals surface area (Å²) in [6, 6.07) is 18.9. The number of hydrogen-bond acceptors (Lipinski definition) is 3. The van der Waals surface area contributed by atoms with Crippen LogP contribution in [0.5, 0.6) is 5.75 Å². The molecule has 0 aliphatic carbocycles. The molecule has 0 unspecified atom stereocenters. The number of para-hydroxylation sites is 1. The molecule has 25 heavy (non-hydrogen) atoms. The average molecular weight is 338 g/mol. The second-order valence-electron chi connectivity index (χ2n) is 5.30. The number of amides is 2. The maximum absolute atomic E-state index is 11.7. The van der Waals surface area contributed by atoms with Crippen LogP contribution in [0.2, 0.25) is 0 Å². The van der Waals surface area contributed by atoms with Gasteiger partial charge in [-0.05, 0) is 23.8 Å². The van der Waals surface area contributed by atoms with Gasteiger partial charge in [-0.3, -0.25) is 9.59 Å². The molecule has 2 N–H and O–H groups in total. The van der Waals surface area contributed by atoms with Crippen LogP contribution in [0.15, 0.2) is 66.7 Å². The third-order valence-corrected chi connectivity index (χ3v) is 3.31. The molecule has 2 aromatic carbocycles. The molecule has 5 heteroatoms. The molecule has 0 radical (unpaired) electrons. The van der Waals surface area contributed by atoms with Gasteiger partial charge in [0.1, 0.15) is 5.75 Å². The predicted molar refractivity (Wildman–Crippen MR) is 98.0 cm³/mol. The molecule has 0 saturated heterocycles. The Hall–Kier alpha value is -3.08. The Bertz CT molecular complexity index is 685. The molecule has 0 aromatic heterocycles. The van der Waals surface area contributed by atoms with Crippen molar-refractivity contribution in [2.24, 2.45) is 0 Å². The number of ether oxygens (including phenoxy) is 1. The fourth-order valence-electron chi connectivity index (χ4n) is 2.05. The molecule has 0 aliphatic rings.